The first-order chi connectivity index (χ1) is 15.9. The Balaban J connectivity index is 1.47. The van der Waals surface area contributed by atoms with Gasteiger partial charge in [0.05, 0.1) is 12.1 Å². The SMILES string of the molecule is CC(=O)NC(Cc1cc(F)cc(F)c1)C(O)CNC1CCCc2ccc(-c3nccs3)cc21. The fraction of sp³-hybridized carbons (Fsp3) is 0.360. The maximum absolute atomic E-state index is 13.6. The Morgan fingerprint density at radius 2 is 2.03 bits per heavy atom. The van der Waals surface area contributed by atoms with Crippen LogP contribution in [0.4, 0.5) is 8.78 Å². The zero-order valence-electron chi connectivity index (χ0n) is 18.4. The minimum atomic E-state index is -0.937. The highest BCUT2D eigenvalue weighted by Gasteiger charge is 2.25. The maximum atomic E-state index is 13.6. The number of carbonyl (C=O) groups excluding carboxylic acids is 1. The number of nitrogens with zero attached hydrogens (tertiary/aromatic N) is 1. The van der Waals surface area contributed by atoms with E-state index in [4.69, 9.17) is 0 Å². The van der Waals surface area contributed by atoms with Gasteiger partial charge in [0, 0.05) is 42.7 Å². The Labute approximate surface area is 195 Å². The molecule has 1 aliphatic carbocycles. The van der Waals surface area contributed by atoms with Gasteiger partial charge in [-0.2, -0.15) is 0 Å². The average molecular weight is 472 g/mol. The highest BCUT2D eigenvalue weighted by molar-refractivity contribution is 7.13. The van der Waals surface area contributed by atoms with Crippen LogP contribution in [0.3, 0.4) is 0 Å². The molecule has 0 fully saturated rings. The number of thiazole rings is 1. The van der Waals surface area contributed by atoms with Crippen LogP contribution in [0.15, 0.2) is 48.0 Å². The molecule has 1 aromatic heterocycles. The van der Waals surface area contributed by atoms with Crippen LogP contribution < -0.4 is 10.6 Å². The fourth-order valence-corrected chi connectivity index (χ4v) is 5.08. The average Bonchev–Trinajstić information content (AvgIpc) is 3.30. The molecule has 3 atom stereocenters. The number of rotatable bonds is 8. The van der Waals surface area contributed by atoms with E-state index < -0.39 is 23.8 Å². The molecule has 0 spiro atoms. The smallest absolute Gasteiger partial charge is 0.217 e. The zero-order chi connectivity index (χ0) is 23.4. The summed E-state index contributed by atoms with van der Waals surface area (Å²) in [6.45, 7) is 1.59. The number of aromatic nitrogens is 1. The summed E-state index contributed by atoms with van der Waals surface area (Å²) in [5.41, 5.74) is 3.93. The van der Waals surface area contributed by atoms with Crippen LogP contribution in [0.2, 0.25) is 0 Å². The first-order valence-corrected chi connectivity index (χ1v) is 11.9. The molecule has 3 unspecified atom stereocenters. The topological polar surface area (TPSA) is 74.2 Å². The van der Waals surface area contributed by atoms with Gasteiger partial charge in [-0.05, 0) is 60.6 Å². The fourth-order valence-electron chi connectivity index (χ4n) is 4.44. The molecule has 3 aromatic rings. The lowest BCUT2D eigenvalue weighted by molar-refractivity contribution is -0.120. The predicted octanol–water partition coefficient (Wildman–Crippen LogP) is 4.16. The van der Waals surface area contributed by atoms with Crippen molar-refractivity contribution in [2.45, 2.75) is 50.8 Å². The second kappa shape index (κ2) is 10.5. The highest BCUT2D eigenvalue weighted by atomic mass is 32.1. The molecule has 1 aliphatic rings. The second-order valence-electron chi connectivity index (χ2n) is 8.46. The lowest BCUT2D eigenvalue weighted by Crippen LogP contribution is -2.48. The normalized spacial score (nSPS) is 17.3. The number of carbonyl (C=O) groups is 1. The summed E-state index contributed by atoms with van der Waals surface area (Å²) in [6.07, 6.45) is 3.95. The van der Waals surface area contributed by atoms with Gasteiger partial charge in [-0.15, -0.1) is 11.3 Å². The van der Waals surface area contributed by atoms with Crippen molar-refractivity contribution < 1.29 is 18.7 Å². The number of nitrogens with one attached hydrogen (secondary N) is 2. The van der Waals surface area contributed by atoms with Gasteiger partial charge in [0.1, 0.15) is 16.6 Å². The molecule has 0 aliphatic heterocycles. The summed E-state index contributed by atoms with van der Waals surface area (Å²) < 4.78 is 27.2. The summed E-state index contributed by atoms with van der Waals surface area (Å²) in [6, 6.07) is 9.03. The van der Waals surface area contributed by atoms with Crippen molar-refractivity contribution in [2.75, 3.05) is 6.54 Å². The summed E-state index contributed by atoms with van der Waals surface area (Å²) in [5, 5.41) is 20.0. The summed E-state index contributed by atoms with van der Waals surface area (Å²) in [5.74, 6) is -1.69. The van der Waals surface area contributed by atoms with Gasteiger partial charge >= 0.3 is 0 Å². The summed E-state index contributed by atoms with van der Waals surface area (Å²) in [7, 11) is 0. The molecule has 174 valence electrons. The molecule has 0 bridgehead atoms. The van der Waals surface area contributed by atoms with E-state index in [9.17, 15) is 18.7 Å². The standard InChI is InChI=1S/C25H27F2N3O2S/c1-15(31)30-23(11-16-9-19(26)13-20(27)10-16)24(32)14-29-22-4-2-3-17-5-6-18(12-21(17)22)25-28-7-8-33-25/h5-10,12-13,22-24,29,32H,2-4,11,14H2,1H3,(H,30,31). The van der Waals surface area contributed by atoms with Crippen molar-refractivity contribution >= 4 is 17.2 Å². The molecule has 8 heteroatoms. The van der Waals surface area contributed by atoms with Gasteiger partial charge in [0.25, 0.3) is 0 Å². The zero-order valence-corrected chi connectivity index (χ0v) is 19.2. The Hall–Kier alpha value is -2.68. The van der Waals surface area contributed by atoms with Crippen LogP contribution in [0.5, 0.6) is 0 Å². The second-order valence-corrected chi connectivity index (χ2v) is 9.35. The number of amides is 1. The number of benzene rings is 2. The molecule has 4 rings (SSSR count). The van der Waals surface area contributed by atoms with Crippen molar-refractivity contribution in [3.63, 3.8) is 0 Å². The Morgan fingerprint density at radius 3 is 2.73 bits per heavy atom. The predicted molar refractivity (Wildman–Crippen MR) is 125 cm³/mol. The van der Waals surface area contributed by atoms with Gasteiger partial charge in [-0.3, -0.25) is 4.79 Å². The van der Waals surface area contributed by atoms with E-state index in [1.54, 1.807) is 17.5 Å². The van der Waals surface area contributed by atoms with Crippen molar-refractivity contribution in [2.24, 2.45) is 0 Å². The van der Waals surface area contributed by atoms with Crippen LogP contribution in [0, 0.1) is 11.6 Å². The molecule has 3 N–H and O–H groups in total. The number of aliphatic hydroxyl groups excluding tert-OH is 1. The van der Waals surface area contributed by atoms with E-state index >= 15 is 0 Å². The molecule has 1 amide bonds. The van der Waals surface area contributed by atoms with Gasteiger partial charge in [0.15, 0.2) is 0 Å². The Bertz CT molecular complexity index is 1090. The third kappa shape index (κ3) is 6.01. The van der Waals surface area contributed by atoms with Crippen LogP contribution in [-0.4, -0.2) is 34.7 Å². The number of halogens is 2. The molecule has 5 nitrogen and oxygen atoms in total. The minimum absolute atomic E-state index is 0.0629. The molecular formula is C25H27F2N3O2S. The van der Waals surface area contributed by atoms with Crippen LogP contribution >= 0.6 is 11.3 Å². The van der Waals surface area contributed by atoms with Crippen molar-refractivity contribution in [3.05, 3.63) is 76.3 Å². The highest BCUT2D eigenvalue weighted by Crippen LogP contribution is 2.33. The molecular weight excluding hydrogens is 444 g/mol. The first kappa shape index (κ1) is 23.5. The summed E-state index contributed by atoms with van der Waals surface area (Å²) in [4.78, 5) is 16.1. The van der Waals surface area contributed by atoms with Gasteiger partial charge in [0.2, 0.25) is 5.91 Å². The van der Waals surface area contributed by atoms with Crippen LogP contribution in [-0.2, 0) is 17.6 Å². The largest absolute Gasteiger partial charge is 0.390 e. The number of aliphatic hydroxyl groups is 1. The lowest BCUT2D eigenvalue weighted by Gasteiger charge is -2.30. The monoisotopic (exact) mass is 471 g/mol. The first-order valence-electron chi connectivity index (χ1n) is 11.1. The van der Waals surface area contributed by atoms with Crippen LogP contribution in [0.25, 0.3) is 10.6 Å². The van der Waals surface area contributed by atoms with E-state index in [1.807, 2.05) is 5.38 Å². The molecule has 2 aromatic carbocycles. The molecule has 1 heterocycles. The van der Waals surface area contributed by atoms with E-state index in [2.05, 4.69) is 33.8 Å². The molecule has 0 saturated carbocycles. The number of aryl methyl sites for hydroxylation is 1. The molecule has 0 saturated heterocycles. The third-order valence-corrected chi connectivity index (χ3v) is 6.77. The number of hydrogen-bond acceptors (Lipinski definition) is 5. The lowest BCUT2D eigenvalue weighted by atomic mass is 9.86. The van der Waals surface area contributed by atoms with Crippen molar-refractivity contribution in [3.8, 4) is 10.6 Å². The van der Waals surface area contributed by atoms with Gasteiger partial charge in [-0.1, -0.05) is 12.1 Å². The van der Waals surface area contributed by atoms with Gasteiger partial charge < -0.3 is 15.7 Å². The summed E-state index contributed by atoms with van der Waals surface area (Å²) >= 11 is 1.59. The maximum Gasteiger partial charge on any atom is 0.217 e. The third-order valence-electron chi connectivity index (χ3n) is 5.94. The number of fused-ring (bicyclic) bond motifs is 1. The molecule has 33 heavy (non-hydrogen) atoms. The number of hydrogen-bond donors (Lipinski definition) is 3. The molecule has 0 radical (unpaired) electrons. The Kier molecular flexibility index (Phi) is 7.47. The quantitative estimate of drug-likeness (QED) is 0.461. The van der Waals surface area contributed by atoms with E-state index in [-0.39, 0.29) is 24.9 Å². The Morgan fingerprint density at radius 1 is 1.24 bits per heavy atom. The van der Waals surface area contributed by atoms with E-state index in [1.165, 1.54) is 30.2 Å². The minimum Gasteiger partial charge on any atom is -0.390 e. The van der Waals surface area contributed by atoms with Gasteiger partial charge in [-0.25, -0.2) is 13.8 Å². The van der Waals surface area contributed by atoms with Crippen molar-refractivity contribution in [1.29, 1.82) is 0 Å². The van der Waals surface area contributed by atoms with Crippen LogP contribution in [0.1, 0.15) is 42.5 Å². The van der Waals surface area contributed by atoms with E-state index in [0.717, 1.165) is 35.9 Å². The van der Waals surface area contributed by atoms with Crippen molar-refractivity contribution in [1.82, 2.24) is 15.6 Å². The van der Waals surface area contributed by atoms with E-state index in [0.29, 0.717) is 5.56 Å².